The third-order valence-electron chi connectivity index (χ3n) is 2.20. The van der Waals surface area contributed by atoms with E-state index >= 15 is 0 Å². The van der Waals surface area contributed by atoms with Crippen molar-refractivity contribution in [3.63, 3.8) is 0 Å². The number of aryl methyl sites for hydroxylation is 1. The van der Waals surface area contributed by atoms with E-state index in [1.807, 2.05) is 0 Å². The number of Topliss-reactive ketones (excluding diaryl/α,β-unsaturated/α-hetero) is 1. The molecule has 0 saturated carbocycles. The van der Waals surface area contributed by atoms with E-state index in [2.05, 4.69) is 4.99 Å². The second-order valence-electron chi connectivity index (χ2n) is 3.90. The summed E-state index contributed by atoms with van der Waals surface area (Å²) in [5, 5.41) is 11.1. The molecule has 0 aromatic heterocycles. The maximum Gasteiger partial charge on any atom is 1.00 e. The Balaban J connectivity index is 0.00000361. The molecule has 1 aromatic carbocycles. The van der Waals surface area contributed by atoms with Crippen LogP contribution in [0.2, 0.25) is 5.02 Å². The number of ketones is 1. The normalized spacial score (nSPS) is 11.9. The number of halogens is 1. The number of aliphatic imine (C=N–C) groups is 1. The molecule has 0 aliphatic carbocycles. The molecule has 0 amide bonds. The van der Waals surface area contributed by atoms with E-state index in [1.165, 1.54) is 13.0 Å². The molecule has 104 valence electrons. The van der Waals surface area contributed by atoms with Crippen molar-refractivity contribution in [3.05, 3.63) is 22.7 Å². The molecule has 0 fully saturated rings. The average Bonchev–Trinajstić information content (AvgIpc) is 2.21. The minimum Gasteiger partial charge on any atom is -0.861 e. The SMILES string of the molecule is CC(=O)CC([O-])=Nc1c(C)ccc(S(=O)(=O)O)c1Cl.[Li+]. The van der Waals surface area contributed by atoms with Crippen molar-refractivity contribution in [2.45, 2.75) is 25.2 Å². The summed E-state index contributed by atoms with van der Waals surface area (Å²) in [5.74, 6) is -1.10. The van der Waals surface area contributed by atoms with Gasteiger partial charge >= 0.3 is 18.9 Å². The van der Waals surface area contributed by atoms with E-state index in [1.54, 1.807) is 6.92 Å². The predicted molar refractivity (Wildman–Crippen MR) is 68.4 cm³/mol. The Morgan fingerprint density at radius 1 is 1.45 bits per heavy atom. The van der Waals surface area contributed by atoms with Crippen molar-refractivity contribution < 1.29 is 41.7 Å². The molecule has 1 N–H and O–H groups in total. The Hall–Kier alpha value is -0.843. The number of carbonyl (C=O) groups excluding carboxylic acids is 1. The van der Waals surface area contributed by atoms with Gasteiger partial charge in [-0.25, -0.2) is 0 Å². The molecule has 0 heterocycles. The summed E-state index contributed by atoms with van der Waals surface area (Å²) in [6.07, 6.45) is -0.397. The van der Waals surface area contributed by atoms with Crippen LogP contribution in [0.25, 0.3) is 0 Å². The Bertz CT molecular complexity index is 657. The molecule has 0 unspecified atom stereocenters. The molecule has 9 heteroatoms. The standard InChI is InChI=1S/C11H12ClNO5S.Li/c1-6-3-4-8(19(16,17)18)10(12)11(6)13-9(15)5-7(2)14;/h3-4H,5H2,1-2H3,(H,13,15)(H,16,17,18);/q;+1/p-1. The van der Waals surface area contributed by atoms with Crippen LogP contribution in [0.5, 0.6) is 0 Å². The molecule has 6 nitrogen and oxygen atoms in total. The topological polar surface area (TPSA) is 107 Å². The van der Waals surface area contributed by atoms with Crippen LogP contribution in [0.3, 0.4) is 0 Å². The summed E-state index contributed by atoms with van der Waals surface area (Å²) in [5.41, 5.74) is 0.386. The van der Waals surface area contributed by atoms with Gasteiger partial charge in [-0.05, 0) is 31.4 Å². The van der Waals surface area contributed by atoms with Gasteiger partial charge in [-0.1, -0.05) is 17.7 Å². The fourth-order valence-electron chi connectivity index (χ4n) is 1.36. The summed E-state index contributed by atoms with van der Waals surface area (Å²) in [4.78, 5) is 13.9. The van der Waals surface area contributed by atoms with E-state index in [9.17, 15) is 18.3 Å². The first kappa shape index (κ1) is 19.2. The minimum atomic E-state index is -4.50. The van der Waals surface area contributed by atoms with Gasteiger partial charge in [0.25, 0.3) is 10.1 Å². The number of rotatable bonds is 4. The van der Waals surface area contributed by atoms with Crippen LogP contribution >= 0.6 is 11.6 Å². The van der Waals surface area contributed by atoms with Gasteiger partial charge in [0.1, 0.15) is 10.7 Å². The maximum absolute atomic E-state index is 11.4. The first-order valence-corrected chi connectivity index (χ1v) is 6.95. The third kappa shape index (κ3) is 4.93. The molecule has 0 bridgehead atoms. The van der Waals surface area contributed by atoms with Gasteiger partial charge < -0.3 is 5.11 Å². The molecule has 0 radical (unpaired) electrons. The van der Waals surface area contributed by atoms with Crippen LogP contribution in [0.15, 0.2) is 22.0 Å². The van der Waals surface area contributed by atoms with Gasteiger partial charge in [0.05, 0.1) is 10.7 Å². The Morgan fingerprint density at radius 2 is 2.00 bits per heavy atom. The monoisotopic (exact) mass is 311 g/mol. The Morgan fingerprint density at radius 3 is 2.45 bits per heavy atom. The van der Waals surface area contributed by atoms with Gasteiger partial charge in [-0.2, -0.15) is 8.42 Å². The van der Waals surface area contributed by atoms with Crippen molar-refractivity contribution in [1.29, 1.82) is 0 Å². The second kappa shape index (κ2) is 7.25. The molecule has 0 aliphatic rings. The Kier molecular flexibility index (Phi) is 6.94. The van der Waals surface area contributed by atoms with E-state index in [0.29, 0.717) is 5.56 Å². The summed E-state index contributed by atoms with van der Waals surface area (Å²) in [7, 11) is -4.50. The predicted octanol–water partition coefficient (Wildman–Crippen LogP) is -1.73. The van der Waals surface area contributed by atoms with Crippen LogP contribution in [0.1, 0.15) is 18.9 Å². The molecule has 0 spiro atoms. The third-order valence-corrected chi connectivity index (χ3v) is 3.59. The number of hydrogen-bond acceptors (Lipinski definition) is 5. The van der Waals surface area contributed by atoms with Gasteiger partial charge in [-0.15, -0.1) is 0 Å². The summed E-state index contributed by atoms with van der Waals surface area (Å²) >= 11 is 5.81. The molecular weight excluding hydrogens is 301 g/mol. The maximum atomic E-state index is 11.4. The van der Waals surface area contributed by atoms with Crippen LogP contribution in [-0.2, 0) is 14.9 Å². The molecule has 1 rings (SSSR count). The first-order valence-electron chi connectivity index (χ1n) is 5.13. The summed E-state index contributed by atoms with van der Waals surface area (Å²) in [6, 6.07) is 2.47. The van der Waals surface area contributed by atoms with Gasteiger partial charge in [0.2, 0.25) is 0 Å². The van der Waals surface area contributed by atoms with E-state index in [-0.39, 0.29) is 35.4 Å². The van der Waals surface area contributed by atoms with Gasteiger partial charge in [-0.3, -0.25) is 14.3 Å². The quantitative estimate of drug-likeness (QED) is 0.308. The van der Waals surface area contributed by atoms with Crippen molar-refractivity contribution in [2.75, 3.05) is 0 Å². The van der Waals surface area contributed by atoms with E-state index in [4.69, 9.17) is 16.2 Å². The summed E-state index contributed by atoms with van der Waals surface area (Å²) in [6.45, 7) is 2.80. The number of nitrogens with zero attached hydrogens (tertiary/aromatic N) is 1. The van der Waals surface area contributed by atoms with Crippen LogP contribution in [0, 0.1) is 6.92 Å². The molecule has 0 saturated heterocycles. The minimum absolute atomic E-state index is 0. The van der Waals surface area contributed by atoms with Crippen LogP contribution in [-0.4, -0.2) is 24.7 Å². The number of benzene rings is 1. The van der Waals surface area contributed by atoms with Crippen LogP contribution in [0.4, 0.5) is 5.69 Å². The smallest absolute Gasteiger partial charge is 0.861 e. The van der Waals surface area contributed by atoms with Crippen LogP contribution < -0.4 is 24.0 Å². The van der Waals surface area contributed by atoms with Crippen molar-refractivity contribution in [3.8, 4) is 0 Å². The fraction of sp³-hybridized carbons (Fsp3) is 0.273. The first-order chi connectivity index (χ1) is 8.62. The zero-order valence-corrected chi connectivity index (χ0v) is 12.7. The molecule has 1 aromatic rings. The van der Waals surface area contributed by atoms with Crippen molar-refractivity contribution >= 4 is 39.1 Å². The van der Waals surface area contributed by atoms with Gasteiger partial charge in [0.15, 0.2) is 0 Å². The summed E-state index contributed by atoms with van der Waals surface area (Å²) < 4.78 is 31.1. The zero-order valence-electron chi connectivity index (χ0n) is 11.2. The van der Waals surface area contributed by atoms with Crippen molar-refractivity contribution in [2.24, 2.45) is 4.99 Å². The molecule has 0 atom stereocenters. The van der Waals surface area contributed by atoms with Crippen molar-refractivity contribution in [1.82, 2.24) is 0 Å². The molecule has 20 heavy (non-hydrogen) atoms. The number of hydrogen-bond donors (Lipinski definition) is 1. The zero-order chi connectivity index (χ0) is 14.8. The molecular formula is C11H11ClLiNO5S. The number of carbonyl (C=O) groups is 1. The largest absolute Gasteiger partial charge is 1.00 e. The van der Waals surface area contributed by atoms with E-state index < -0.39 is 27.3 Å². The second-order valence-corrected chi connectivity index (χ2v) is 5.67. The van der Waals surface area contributed by atoms with Gasteiger partial charge in [0, 0.05) is 6.42 Å². The Labute approximate surface area is 133 Å². The van der Waals surface area contributed by atoms with E-state index in [0.717, 1.165) is 6.07 Å². The molecule has 0 aliphatic heterocycles. The average molecular weight is 312 g/mol. The fourth-order valence-corrected chi connectivity index (χ4v) is 2.47.